The Labute approximate surface area is 103 Å². The average Bonchev–Trinajstić information content (AvgIpc) is 2.66. The van der Waals surface area contributed by atoms with Gasteiger partial charge in [-0.1, -0.05) is 25.6 Å². The first kappa shape index (κ1) is 13.8. The zero-order valence-electron chi connectivity index (χ0n) is 10.7. The lowest BCUT2D eigenvalue weighted by molar-refractivity contribution is 0.134. The van der Waals surface area contributed by atoms with Gasteiger partial charge in [0.2, 0.25) is 0 Å². The van der Waals surface area contributed by atoms with E-state index in [1.54, 1.807) is 0 Å². The van der Waals surface area contributed by atoms with Crippen molar-refractivity contribution in [1.29, 1.82) is 0 Å². The molecule has 4 heteroatoms. The average molecular weight is 244 g/mol. The standard InChI is InChI=1S/C12H24N2OS/c1-4-8-15-9-6-7-13-11-14-12(3,5-2)10-16-11/h4-10H2,1-3H3,(H,13,14). The quantitative estimate of drug-likeness (QED) is 0.699. The first-order chi connectivity index (χ1) is 7.70. The van der Waals surface area contributed by atoms with Crippen LogP contribution in [0.5, 0.6) is 0 Å². The van der Waals surface area contributed by atoms with Crippen molar-refractivity contribution in [3.8, 4) is 0 Å². The summed E-state index contributed by atoms with van der Waals surface area (Å²) in [5.74, 6) is 1.13. The molecular weight excluding hydrogens is 220 g/mol. The first-order valence-electron chi connectivity index (χ1n) is 6.23. The zero-order chi connectivity index (χ0) is 11.9. The summed E-state index contributed by atoms with van der Waals surface area (Å²) < 4.78 is 5.41. The normalized spacial score (nSPS) is 27.3. The molecule has 0 aliphatic carbocycles. The fourth-order valence-electron chi connectivity index (χ4n) is 1.43. The highest BCUT2D eigenvalue weighted by Crippen LogP contribution is 2.25. The molecule has 0 aromatic rings. The van der Waals surface area contributed by atoms with Crippen molar-refractivity contribution in [3.05, 3.63) is 0 Å². The van der Waals surface area contributed by atoms with E-state index < -0.39 is 0 Å². The summed E-state index contributed by atoms with van der Waals surface area (Å²) in [7, 11) is 0. The second-order valence-corrected chi connectivity index (χ2v) is 5.44. The lowest BCUT2D eigenvalue weighted by Crippen LogP contribution is -2.39. The highest BCUT2D eigenvalue weighted by atomic mass is 32.2. The number of thioether (sulfide) groups is 1. The molecule has 0 saturated carbocycles. The third-order valence-electron chi connectivity index (χ3n) is 2.77. The number of hydrogen-bond donors (Lipinski definition) is 1. The molecule has 1 unspecified atom stereocenters. The van der Waals surface area contributed by atoms with E-state index >= 15 is 0 Å². The number of nitrogens with one attached hydrogen (secondary N) is 1. The maximum absolute atomic E-state index is 5.41. The van der Waals surface area contributed by atoms with Crippen LogP contribution in [0.3, 0.4) is 0 Å². The van der Waals surface area contributed by atoms with Gasteiger partial charge in [0.15, 0.2) is 5.17 Å². The third-order valence-corrected chi connectivity index (χ3v) is 4.05. The summed E-state index contributed by atoms with van der Waals surface area (Å²) in [6, 6.07) is 0. The predicted octanol–water partition coefficient (Wildman–Crippen LogP) is 2.66. The molecule has 3 nitrogen and oxygen atoms in total. The van der Waals surface area contributed by atoms with Gasteiger partial charge in [-0.25, -0.2) is 0 Å². The van der Waals surface area contributed by atoms with Crippen molar-refractivity contribution in [3.63, 3.8) is 0 Å². The van der Waals surface area contributed by atoms with Gasteiger partial charge in [0.25, 0.3) is 0 Å². The van der Waals surface area contributed by atoms with Crippen LogP contribution in [0.2, 0.25) is 0 Å². The van der Waals surface area contributed by atoms with Crippen LogP contribution < -0.4 is 5.32 Å². The highest BCUT2D eigenvalue weighted by Gasteiger charge is 2.30. The van der Waals surface area contributed by atoms with Gasteiger partial charge >= 0.3 is 0 Å². The molecule has 0 bridgehead atoms. The Morgan fingerprint density at radius 1 is 1.44 bits per heavy atom. The van der Waals surface area contributed by atoms with Crippen LogP contribution in [0.25, 0.3) is 0 Å². The smallest absolute Gasteiger partial charge is 0.157 e. The molecule has 0 aromatic heterocycles. The lowest BCUT2D eigenvalue weighted by atomic mass is 10.0. The summed E-state index contributed by atoms with van der Waals surface area (Å²) >= 11 is 1.84. The van der Waals surface area contributed by atoms with E-state index in [4.69, 9.17) is 4.74 Å². The van der Waals surface area contributed by atoms with Crippen LogP contribution in [-0.2, 0) is 4.74 Å². The molecule has 1 aliphatic rings. The minimum Gasteiger partial charge on any atom is -0.381 e. The van der Waals surface area contributed by atoms with Crippen molar-refractivity contribution in [2.75, 3.05) is 25.5 Å². The van der Waals surface area contributed by atoms with Crippen LogP contribution in [-0.4, -0.2) is 36.2 Å². The van der Waals surface area contributed by atoms with Gasteiger partial charge in [0.05, 0.1) is 0 Å². The number of hydrogen-bond acceptors (Lipinski definition) is 3. The molecule has 1 aliphatic heterocycles. The summed E-state index contributed by atoms with van der Waals surface area (Å²) in [4.78, 5) is 4.55. The fourth-order valence-corrected chi connectivity index (χ4v) is 2.66. The molecule has 1 saturated heterocycles. The minimum absolute atomic E-state index is 0.252. The van der Waals surface area contributed by atoms with Crippen molar-refractivity contribution in [1.82, 2.24) is 5.32 Å². The van der Waals surface area contributed by atoms with E-state index in [1.807, 2.05) is 11.8 Å². The number of rotatable bonds is 7. The van der Waals surface area contributed by atoms with E-state index in [1.165, 1.54) is 0 Å². The van der Waals surface area contributed by atoms with Crippen LogP contribution in [0.15, 0.2) is 4.99 Å². The topological polar surface area (TPSA) is 33.6 Å². The second kappa shape index (κ2) is 7.17. The predicted molar refractivity (Wildman–Crippen MR) is 72.3 cm³/mol. The van der Waals surface area contributed by atoms with Crippen LogP contribution >= 0.6 is 11.8 Å². The van der Waals surface area contributed by atoms with E-state index in [0.717, 1.165) is 49.9 Å². The van der Waals surface area contributed by atoms with E-state index in [2.05, 4.69) is 31.1 Å². The van der Waals surface area contributed by atoms with Gasteiger partial charge < -0.3 is 10.1 Å². The number of ether oxygens (including phenoxy) is 1. The molecule has 0 radical (unpaired) electrons. The molecule has 0 amide bonds. The van der Waals surface area contributed by atoms with Gasteiger partial charge in [-0.2, -0.15) is 0 Å². The van der Waals surface area contributed by atoms with Gasteiger partial charge in [0.1, 0.15) is 0 Å². The molecule has 1 fully saturated rings. The molecule has 94 valence electrons. The molecule has 1 atom stereocenters. The van der Waals surface area contributed by atoms with Gasteiger partial charge in [-0.05, 0) is 26.2 Å². The number of nitrogens with zero attached hydrogens (tertiary/aromatic N) is 1. The molecule has 16 heavy (non-hydrogen) atoms. The summed E-state index contributed by atoms with van der Waals surface area (Å²) in [5, 5.41) is 4.60. The molecular formula is C12H24N2OS. The first-order valence-corrected chi connectivity index (χ1v) is 7.22. The van der Waals surface area contributed by atoms with E-state index in [0.29, 0.717) is 0 Å². The Balaban J connectivity index is 2.12. The molecule has 1 N–H and O–H groups in total. The monoisotopic (exact) mass is 244 g/mol. The van der Waals surface area contributed by atoms with E-state index in [-0.39, 0.29) is 5.54 Å². The Morgan fingerprint density at radius 2 is 2.25 bits per heavy atom. The van der Waals surface area contributed by atoms with Crippen molar-refractivity contribution in [2.45, 2.75) is 45.6 Å². The SMILES string of the molecule is CCCOCCCN=C1NC(C)(CC)CS1. The summed E-state index contributed by atoms with van der Waals surface area (Å²) in [5.41, 5.74) is 0.252. The molecule has 1 rings (SSSR count). The van der Waals surface area contributed by atoms with Gasteiger partial charge in [-0.15, -0.1) is 0 Å². The van der Waals surface area contributed by atoms with E-state index in [9.17, 15) is 0 Å². The largest absolute Gasteiger partial charge is 0.381 e. The molecule has 0 aromatic carbocycles. The van der Waals surface area contributed by atoms with Crippen molar-refractivity contribution < 1.29 is 4.74 Å². The number of aliphatic imine (C=N–C) groups is 1. The van der Waals surface area contributed by atoms with Crippen LogP contribution in [0, 0.1) is 0 Å². The van der Waals surface area contributed by atoms with Crippen molar-refractivity contribution in [2.24, 2.45) is 4.99 Å². The Morgan fingerprint density at radius 3 is 2.88 bits per heavy atom. The van der Waals surface area contributed by atoms with Crippen LogP contribution in [0.1, 0.15) is 40.0 Å². The van der Waals surface area contributed by atoms with Gasteiger partial charge in [-0.3, -0.25) is 4.99 Å². The Hall–Kier alpha value is -0.220. The molecule has 1 heterocycles. The maximum atomic E-state index is 5.41. The highest BCUT2D eigenvalue weighted by molar-refractivity contribution is 8.14. The van der Waals surface area contributed by atoms with Crippen molar-refractivity contribution >= 4 is 16.9 Å². The Bertz CT molecular complexity index is 233. The Kier molecular flexibility index (Phi) is 6.21. The summed E-state index contributed by atoms with van der Waals surface area (Å²) in [6.07, 6.45) is 3.27. The third kappa shape index (κ3) is 4.74. The second-order valence-electron chi connectivity index (χ2n) is 4.48. The molecule has 0 spiro atoms. The van der Waals surface area contributed by atoms with Gasteiger partial charge in [0, 0.05) is 31.1 Å². The summed E-state index contributed by atoms with van der Waals surface area (Å²) in [6.45, 7) is 9.18. The minimum atomic E-state index is 0.252. The fraction of sp³-hybridized carbons (Fsp3) is 0.917. The zero-order valence-corrected chi connectivity index (χ0v) is 11.5. The van der Waals surface area contributed by atoms with Crippen LogP contribution in [0.4, 0.5) is 0 Å². The number of amidine groups is 1. The lowest BCUT2D eigenvalue weighted by Gasteiger charge is -2.20. The maximum Gasteiger partial charge on any atom is 0.157 e.